The van der Waals surface area contributed by atoms with Gasteiger partial charge in [-0.2, -0.15) is 4.31 Å². The first kappa shape index (κ1) is 24.6. The Morgan fingerprint density at radius 1 is 1.22 bits per heavy atom. The summed E-state index contributed by atoms with van der Waals surface area (Å²) in [6.07, 6.45) is -0.156. The van der Waals surface area contributed by atoms with Gasteiger partial charge in [0.1, 0.15) is 0 Å². The number of sulfonamides is 1. The fraction of sp³-hybridized carbons (Fsp3) is 0.600. The van der Waals surface area contributed by atoms with Crippen molar-refractivity contribution in [3.8, 4) is 0 Å². The fourth-order valence-electron chi connectivity index (χ4n) is 3.86. The number of benzene rings is 1. The van der Waals surface area contributed by atoms with Crippen LogP contribution in [0.25, 0.3) is 0 Å². The van der Waals surface area contributed by atoms with Crippen LogP contribution in [0.4, 0.5) is 0 Å². The maximum absolute atomic E-state index is 13.0. The van der Waals surface area contributed by atoms with E-state index in [0.717, 1.165) is 0 Å². The summed E-state index contributed by atoms with van der Waals surface area (Å²) in [5.41, 5.74) is -0.000622. The second kappa shape index (κ2) is 9.46. The maximum Gasteiger partial charge on any atom is 0.338 e. The van der Waals surface area contributed by atoms with Crippen LogP contribution < -0.4 is 0 Å². The number of morpholine rings is 1. The van der Waals surface area contributed by atoms with Crippen molar-refractivity contribution in [2.24, 2.45) is 0 Å². The Hall–Kier alpha value is -2.02. The van der Waals surface area contributed by atoms with E-state index < -0.39 is 44.4 Å². The third-order valence-corrected chi connectivity index (χ3v) is 9.15. The number of ether oxygens (including phenoxy) is 2. The molecule has 3 rings (SSSR count). The molecule has 0 aromatic heterocycles. The van der Waals surface area contributed by atoms with Crippen molar-refractivity contribution >= 4 is 31.7 Å². The molecule has 0 radical (unpaired) electrons. The number of esters is 1. The van der Waals surface area contributed by atoms with Gasteiger partial charge in [0.25, 0.3) is 5.91 Å². The van der Waals surface area contributed by atoms with E-state index in [9.17, 15) is 26.4 Å². The molecule has 1 amide bonds. The molecule has 2 fully saturated rings. The van der Waals surface area contributed by atoms with Gasteiger partial charge in [0.05, 0.1) is 34.2 Å². The van der Waals surface area contributed by atoms with Crippen molar-refractivity contribution in [3.63, 3.8) is 0 Å². The summed E-state index contributed by atoms with van der Waals surface area (Å²) in [6.45, 7) is 3.43. The molecule has 0 spiro atoms. The molecular weight excluding hydrogens is 460 g/mol. The Morgan fingerprint density at radius 2 is 1.88 bits per heavy atom. The van der Waals surface area contributed by atoms with Gasteiger partial charge in [-0.15, -0.1) is 0 Å². The zero-order valence-electron chi connectivity index (χ0n) is 18.3. The van der Waals surface area contributed by atoms with Crippen LogP contribution in [-0.2, 0) is 34.1 Å². The first-order valence-corrected chi connectivity index (χ1v) is 13.5. The van der Waals surface area contributed by atoms with Gasteiger partial charge in [-0.25, -0.2) is 21.6 Å². The number of likely N-dealkylation sites (N-methyl/N-ethyl adjacent to an activating group) is 1. The number of hydrogen-bond acceptors (Lipinski definition) is 8. The van der Waals surface area contributed by atoms with Crippen LogP contribution in [0.15, 0.2) is 29.2 Å². The van der Waals surface area contributed by atoms with Gasteiger partial charge < -0.3 is 14.4 Å². The van der Waals surface area contributed by atoms with Crippen LogP contribution in [-0.4, -0.2) is 94.4 Å². The molecule has 0 bridgehead atoms. The molecule has 10 nitrogen and oxygen atoms in total. The number of rotatable bonds is 6. The minimum atomic E-state index is -3.84. The average Bonchev–Trinajstić information content (AvgIpc) is 3.10. The van der Waals surface area contributed by atoms with E-state index in [4.69, 9.17) is 9.47 Å². The standard InChI is InChI=1S/C20H28N2O8S2/c1-14-10-22(11-15(2)30-14)32(27,28)18-6-4-5-16(9-18)20(24)29-12-19(23)21(3)17-7-8-31(25,26)13-17/h4-6,9,14-15,17H,7-8,10-13H2,1-3H3/t14-,15-,17+/m1/s1. The Labute approximate surface area is 188 Å². The Bertz CT molecular complexity index is 1080. The number of sulfone groups is 1. The van der Waals surface area contributed by atoms with Gasteiger partial charge >= 0.3 is 5.97 Å². The number of carbonyl (C=O) groups is 2. The summed E-state index contributed by atoms with van der Waals surface area (Å²) in [4.78, 5) is 26.0. The average molecular weight is 489 g/mol. The molecule has 178 valence electrons. The van der Waals surface area contributed by atoms with E-state index in [1.54, 1.807) is 13.8 Å². The molecule has 2 heterocycles. The predicted molar refractivity (Wildman–Crippen MR) is 115 cm³/mol. The number of carbonyl (C=O) groups excluding carboxylic acids is 2. The lowest BCUT2D eigenvalue weighted by Crippen LogP contribution is -2.48. The lowest BCUT2D eigenvalue weighted by atomic mass is 10.2. The zero-order chi connectivity index (χ0) is 23.7. The quantitative estimate of drug-likeness (QED) is 0.523. The lowest BCUT2D eigenvalue weighted by molar-refractivity contribution is -0.134. The molecule has 2 saturated heterocycles. The van der Waals surface area contributed by atoms with Crippen molar-refractivity contribution < 1.29 is 35.9 Å². The van der Waals surface area contributed by atoms with Gasteiger partial charge in [0.2, 0.25) is 10.0 Å². The molecule has 0 saturated carbocycles. The molecule has 12 heteroatoms. The fourth-order valence-corrected chi connectivity index (χ4v) is 7.27. The van der Waals surface area contributed by atoms with E-state index in [1.165, 1.54) is 40.5 Å². The van der Waals surface area contributed by atoms with Crippen LogP contribution in [0.3, 0.4) is 0 Å². The van der Waals surface area contributed by atoms with Gasteiger partial charge in [0.15, 0.2) is 16.4 Å². The van der Waals surface area contributed by atoms with Crippen molar-refractivity contribution in [3.05, 3.63) is 29.8 Å². The number of nitrogens with zero attached hydrogens (tertiary/aromatic N) is 2. The second-order valence-corrected chi connectivity index (χ2v) is 12.4. The first-order chi connectivity index (χ1) is 14.9. The van der Waals surface area contributed by atoms with Crippen molar-refractivity contribution in [1.29, 1.82) is 0 Å². The SMILES string of the molecule is C[C@@H]1CN(S(=O)(=O)c2cccc(C(=O)OCC(=O)N(C)[C@H]3CCS(=O)(=O)C3)c2)C[C@@H](C)O1. The van der Waals surface area contributed by atoms with Crippen LogP contribution in [0.2, 0.25) is 0 Å². The molecule has 2 aliphatic rings. The Balaban J connectivity index is 1.64. The molecule has 3 atom stereocenters. The van der Waals surface area contributed by atoms with Gasteiger partial charge in [-0.05, 0) is 38.5 Å². The van der Waals surface area contributed by atoms with E-state index in [2.05, 4.69) is 0 Å². The Kier molecular flexibility index (Phi) is 7.28. The van der Waals surface area contributed by atoms with E-state index in [1.807, 2.05) is 0 Å². The van der Waals surface area contributed by atoms with Crippen LogP contribution in [0.1, 0.15) is 30.6 Å². The topological polar surface area (TPSA) is 127 Å². The summed E-state index contributed by atoms with van der Waals surface area (Å²) in [7, 11) is -5.52. The van der Waals surface area contributed by atoms with Crippen molar-refractivity contribution in [2.75, 3.05) is 38.2 Å². The number of hydrogen-bond donors (Lipinski definition) is 0. The minimum absolute atomic E-state index is 0.000622. The summed E-state index contributed by atoms with van der Waals surface area (Å²) in [6, 6.07) is 5.02. The van der Waals surface area contributed by atoms with Crippen molar-refractivity contribution in [1.82, 2.24) is 9.21 Å². The van der Waals surface area contributed by atoms with E-state index in [-0.39, 0.29) is 47.3 Å². The van der Waals surface area contributed by atoms with Crippen LogP contribution in [0.5, 0.6) is 0 Å². The van der Waals surface area contributed by atoms with E-state index in [0.29, 0.717) is 6.42 Å². The second-order valence-electron chi connectivity index (χ2n) is 8.24. The van der Waals surface area contributed by atoms with Crippen molar-refractivity contribution in [2.45, 2.75) is 43.4 Å². The summed E-state index contributed by atoms with van der Waals surface area (Å²) < 4.78 is 61.2. The third kappa shape index (κ3) is 5.66. The van der Waals surface area contributed by atoms with Gasteiger partial charge in [-0.3, -0.25) is 4.79 Å². The molecular formula is C20H28N2O8S2. The molecule has 0 unspecified atom stereocenters. The monoisotopic (exact) mass is 488 g/mol. The largest absolute Gasteiger partial charge is 0.452 e. The summed E-state index contributed by atoms with van der Waals surface area (Å²) in [5.74, 6) is -1.45. The minimum Gasteiger partial charge on any atom is -0.452 e. The maximum atomic E-state index is 13.0. The zero-order valence-corrected chi connectivity index (χ0v) is 19.9. The molecule has 1 aromatic carbocycles. The van der Waals surface area contributed by atoms with Gasteiger partial charge in [0, 0.05) is 26.2 Å². The Morgan fingerprint density at radius 3 is 2.47 bits per heavy atom. The third-order valence-electron chi connectivity index (χ3n) is 5.57. The number of amides is 1. The highest BCUT2D eigenvalue weighted by Crippen LogP contribution is 2.22. The molecule has 0 N–H and O–H groups in total. The molecule has 1 aromatic rings. The summed E-state index contributed by atoms with van der Waals surface area (Å²) in [5, 5.41) is 0. The highest BCUT2D eigenvalue weighted by atomic mass is 32.2. The van der Waals surface area contributed by atoms with Crippen LogP contribution >= 0.6 is 0 Å². The smallest absolute Gasteiger partial charge is 0.338 e. The highest BCUT2D eigenvalue weighted by Gasteiger charge is 2.34. The first-order valence-electron chi connectivity index (χ1n) is 10.3. The predicted octanol–water partition coefficient (Wildman–Crippen LogP) is 0.287. The normalized spacial score (nSPS) is 25.9. The highest BCUT2D eigenvalue weighted by molar-refractivity contribution is 7.91. The summed E-state index contributed by atoms with van der Waals surface area (Å²) >= 11 is 0. The molecule has 32 heavy (non-hydrogen) atoms. The van der Waals surface area contributed by atoms with Crippen LogP contribution in [0, 0.1) is 0 Å². The van der Waals surface area contributed by atoms with Gasteiger partial charge in [-0.1, -0.05) is 6.07 Å². The van der Waals surface area contributed by atoms with E-state index >= 15 is 0 Å². The lowest BCUT2D eigenvalue weighted by Gasteiger charge is -2.34. The molecule has 0 aliphatic carbocycles. The molecule has 2 aliphatic heterocycles.